The quantitative estimate of drug-likeness (QED) is 0.0398. The van der Waals surface area contributed by atoms with E-state index in [1.165, 1.54) is 48.5 Å². The maximum atomic E-state index is 13.2. The summed E-state index contributed by atoms with van der Waals surface area (Å²) in [5, 5.41) is 21.1. The number of benzene rings is 6. The van der Waals surface area contributed by atoms with Gasteiger partial charge in [0.15, 0.2) is 0 Å². The van der Waals surface area contributed by atoms with E-state index in [1.54, 1.807) is 60.7 Å². The van der Waals surface area contributed by atoms with Crippen molar-refractivity contribution in [3.63, 3.8) is 0 Å². The van der Waals surface area contributed by atoms with E-state index in [0.717, 1.165) is 12.1 Å². The van der Waals surface area contributed by atoms with Crippen LogP contribution in [0.5, 0.6) is 0 Å². The van der Waals surface area contributed by atoms with Gasteiger partial charge in [0.25, 0.3) is 20.0 Å². The summed E-state index contributed by atoms with van der Waals surface area (Å²) in [5.74, 6) is 0. The number of fused-ring (bicyclic) bond motifs is 2. The van der Waals surface area contributed by atoms with Gasteiger partial charge in [-0.3, -0.25) is 14.5 Å². The SMILES string of the molecule is O=C(Nc1ccc2ccc(S(=O)(=O)Nc3cccc(SOO[O-])c3)cc2c1)Nc1ccc2ccc(S(=O)(=O)Nc3cccc(S(=O)(=O)[O-])c3)cc2c1.[Na+].[Na+]. The Labute approximate surface area is 358 Å². The van der Waals surface area contributed by atoms with E-state index in [4.69, 9.17) is 0 Å². The summed E-state index contributed by atoms with van der Waals surface area (Å²) in [6, 6.07) is 28.6. The topological polar surface area (TPSA) is 232 Å². The van der Waals surface area contributed by atoms with E-state index in [9.17, 15) is 39.9 Å². The summed E-state index contributed by atoms with van der Waals surface area (Å²) in [6.07, 6.45) is 0. The number of sulfonamides is 2. The smallest absolute Gasteiger partial charge is 0.744 e. The molecule has 6 rings (SSSR count). The first kappa shape index (κ1) is 43.5. The monoisotopic (exact) mass is 826 g/mol. The van der Waals surface area contributed by atoms with E-state index in [1.807, 2.05) is 0 Å². The number of amides is 2. The van der Waals surface area contributed by atoms with Crippen LogP contribution >= 0.6 is 12.0 Å². The molecule has 0 aromatic heterocycles. The van der Waals surface area contributed by atoms with E-state index >= 15 is 0 Å². The molecule has 0 saturated carbocycles. The van der Waals surface area contributed by atoms with Crippen LogP contribution in [-0.2, 0) is 39.5 Å². The molecule has 21 heteroatoms. The number of hydrogen-bond donors (Lipinski definition) is 4. The van der Waals surface area contributed by atoms with Crippen molar-refractivity contribution in [2.75, 3.05) is 20.1 Å². The standard InChI is InChI=1S/C33H26N4O11S4.2Na/c38-33(34-25-11-7-21-9-13-30(17-23(21)15-25)50(40,41)36-27-3-1-5-29(19-27)49-48-47-39)35-26-12-8-22-10-14-31(18-24(22)16-26)51(42,43)37-28-4-2-6-32(20-28)52(44,45)46;;/h1-20,36-37,39H,(H2,34,35,38)(H,44,45,46);;/q;2*+1/p-2. The number of hydrogen-bond acceptors (Lipinski definition) is 12. The van der Waals surface area contributed by atoms with Crippen molar-refractivity contribution >= 4 is 92.5 Å². The van der Waals surface area contributed by atoms with E-state index < -0.39 is 41.1 Å². The van der Waals surface area contributed by atoms with Gasteiger partial charge in [-0.05, 0) is 106 Å². The summed E-state index contributed by atoms with van der Waals surface area (Å²) in [5.41, 5.74) is 0.785. The maximum absolute atomic E-state index is 13.2. The molecule has 4 N–H and O–H groups in total. The van der Waals surface area contributed by atoms with Gasteiger partial charge in [-0.15, -0.1) is 0 Å². The van der Waals surface area contributed by atoms with Gasteiger partial charge in [-0.1, -0.05) is 36.4 Å². The average Bonchev–Trinajstić information content (AvgIpc) is 3.09. The molecule has 54 heavy (non-hydrogen) atoms. The minimum Gasteiger partial charge on any atom is -0.744 e. The van der Waals surface area contributed by atoms with E-state index in [-0.39, 0.29) is 80.3 Å². The molecule has 0 heterocycles. The van der Waals surface area contributed by atoms with Crippen LogP contribution in [0.4, 0.5) is 27.5 Å². The summed E-state index contributed by atoms with van der Waals surface area (Å²) in [6.45, 7) is 0. The Bertz CT molecular complexity index is 2690. The molecule has 2 amide bonds. The molecule has 0 saturated heterocycles. The molecule has 15 nitrogen and oxygen atoms in total. The van der Waals surface area contributed by atoms with Crippen molar-refractivity contribution in [2.24, 2.45) is 0 Å². The van der Waals surface area contributed by atoms with Gasteiger partial charge in [-0.25, -0.2) is 30.0 Å². The van der Waals surface area contributed by atoms with Crippen LogP contribution in [0.1, 0.15) is 0 Å². The number of nitrogens with one attached hydrogen (secondary N) is 4. The van der Waals surface area contributed by atoms with Gasteiger partial charge in [-0.2, -0.15) is 4.33 Å². The predicted octanol–water partition coefficient (Wildman–Crippen LogP) is -0.619. The van der Waals surface area contributed by atoms with Crippen LogP contribution < -0.4 is 84.4 Å². The maximum Gasteiger partial charge on any atom is 1.00 e. The fourth-order valence-electron chi connectivity index (χ4n) is 5.04. The Kier molecular flexibility index (Phi) is 14.6. The van der Waals surface area contributed by atoms with Crippen LogP contribution in [0.3, 0.4) is 0 Å². The number of rotatable bonds is 12. The minimum absolute atomic E-state index is 0. The number of carbonyl (C=O) groups is 1. The Morgan fingerprint density at radius 1 is 0.537 bits per heavy atom. The summed E-state index contributed by atoms with van der Waals surface area (Å²) in [4.78, 5) is 12.6. The first-order valence-electron chi connectivity index (χ1n) is 14.7. The van der Waals surface area contributed by atoms with Crippen molar-refractivity contribution in [3.05, 3.63) is 121 Å². The van der Waals surface area contributed by atoms with Crippen molar-refractivity contribution < 1.29 is 108 Å². The molecule has 0 fully saturated rings. The van der Waals surface area contributed by atoms with E-state index in [2.05, 4.69) is 29.4 Å². The molecule has 6 aromatic carbocycles. The van der Waals surface area contributed by atoms with Gasteiger partial charge in [0, 0.05) is 16.3 Å². The van der Waals surface area contributed by atoms with Gasteiger partial charge in [0.05, 0.1) is 38.1 Å². The second kappa shape index (κ2) is 18.1. The molecule has 0 radical (unpaired) electrons. The summed E-state index contributed by atoms with van der Waals surface area (Å²) < 4.78 is 95.6. The largest absolute Gasteiger partial charge is 1.00 e. The second-order valence-corrected chi connectivity index (χ2v) is 16.5. The van der Waals surface area contributed by atoms with Crippen LogP contribution in [0.2, 0.25) is 0 Å². The third-order valence-corrected chi connectivity index (χ3v) is 11.5. The van der Waals surface area contributed by atoms with E-state index in [0.29, 0.717) is 49.9 Å². The Balaban J connectivity index is 0.00000325. The molecule has 0 aliphatic rings. The Hall–Kier alpha value is -3.25. The molecule has 0 spiro atoms. The average molecular weight is 827 g/mol. The zero-order chi connectivity index (χ0) is 37.1. The molecule has 0 aliphatic heterocycles. The zero-order valence-electron chi connectivity index (χ0n) is 28.2. The third-order valence-electron chi connectivity index (χ3n) is 7.38. The first-order valence-corrected chi connectivity index (χ1v) is 19.8. The number of urea groups is 1. The summed E-state index contributed by atoms with van der Waals surface area (Å²) >= 11 is 0.612. The second-order valence-electron chi connectivity index (χ2n) is 11.0. The molecular weight excluding hydrogens is 803 g/mol. The van der Waals surface area contributed by atoms with Crippen molar-refractivity contribution in [1.29, 1.82) is 0 Å². The minimum atomic E-state index is -4.80. The van der Waals surface area contributed by atoms with Crippen LogP contribution in [0.15, 0.2) is 141 Å². The molecule has 0 aliphatic carbocycles. The fourth-order valence-corrected chi connectivity index (χ4v) is 8.14. The van der Waals surface area contributed by atoms with Gasteiger partial charge >= 0.3 is 65.1 Å². The molecule has 0 atom stereocenters. The Morgan fingerprint density at radius 2 is 1.02 bits per heavy atom. The predicted molar refractivity (Wildman–Crippen MR) is 191 cm³/mol. The Morgan fingerprint density at radius 3 is 1.52 bits per heavy atom. The van der Waals surface area contributed by atoms with Crippen LogP contribution in [0, 0.1) is 0 Å². The molecular formula is C33H24N4Na2O11S4. The summed E-state index contributed by atoms with van der Waals surface area (Å²) in [7, 11) is -13.0. The van der Waals surface area contributed by atoms with Crippen molar-refractivity contribution in [1.82, 2.24) is 0 Å². The molecule has 268 valence electrons. The van der Waals surface area contributed by atoms with Crippen LogP contribution in [0.25, 0.3) is 21.5 Å². The third kappa shape index (κ3) is 11.0. The molecule has 0 unspecified atom stereocenters. The number of carbonyl (C=O) groups excluding carboxylic acids is 1. The first-order chi connectivity index (χ1) is 24.7. The number of anilines is 4. The van der Waals surface area contributed by atoms with Gasteiger partial charge in [0.1, 0.15) is 10.1 Å². The molecule has 6 aromatic rings. The molecule has 0 bridgehead atoms. The zero-order valence-corrected chi connectivity index (χ0v) is 35.4. The fraction of sp³-hybridized carbons (Fsp3) is 0. The van der Waals surface area contributed by atoms with Gasteiger partial charge in [0.2, 0.25) is 0 Å². The van der Waals surface area contributed by atoms with Crippen molar-refractivity contribution in [2.45, 2.75) is 19.6 Å². The van der Waals surface area contributed by atoms with Crippen LogP contribution in [-0.4, -0.2) is 35.8 Å². The van der Waals surface area contributed by atoms with Gasteiger partial charge < -0.3 is 20.4 Å². The normalized spacial score (nSPS) is 11.6. The van der Waals surface area contributed by atoms with Crippen molar-refractivity contribution in [3.8, 4) is 0 Å².